The van der Waals surface area contributed by atoms with Crippen molar-refractivity contribution in [3.63, 3.8) is 0 Å². The molecule has 1 saturated heterocycles. The quantitative estimate of drug-likeness (QED) is 0.775. The van der Waals surface area contributed by atoms with Gasteiger partial charge in [-0.05, 0) is 42.5 Å². The molecule has 0 radical (unpaired) electrons. The van der Waals surface area contributed by atoms with E-state index in [0.29, 0.717) is 25.4 Å². The number of benzene rings is 2. The van der Waals surface area contributed by atoms with Crippen molar-refractivity contribution in [3.8, 4) is 17.2 Å². The van der Waals surface area contributed by atoms with Crippen LogP contribution in [0.2, 0.25) is 0 Å². The second-order valence-electron chi connectivity index (χ2n) is 7.13. The van der Waals surface area contributed by atoms with E-state index in [1.54, 1.807) is 12.1 Å². The summed E-state index contributed by atoms with van der Waals surface area (Å²) in [5.41, 5.74) is 1.69. The van der Waals surface area contributed by atoms with Gasteiger partial charge in [-0.3, -0.25) is 4.79 Å². The summed E-state index contributed by atoms with van der Waals surface area (Å²) in [6, 6.07) is 12.1. The van der Waals surface area contributed by atoms with Crippen LogP contribution in [0, 0.1) is 0 Å². The molecule has 2 aliphatic heterocycles. The van der Waals surface area contributed by atoms with Crippen LogP contribution in [0.1, 0.15) is 24.4 Å². The third-order valence-electron chi connectivity index (χ3n) is 5.20. The number of rotatable bonds is 6. The van der Waals surface area contributed by atoms with Gasteiger partial charge in [-0.2, -0.15) is 8.78 Å². The van der Waals surface area contributed by atoms with Crippen LogP contribution in [0.4, 0.5) is 14.5 Å². The summed E-state index contributed by atoms with van der Waals surface area (Å²) >= 11 is 0. The van der Waals surface area contributed by atoms with Crippen molar-refractivity contribution in [3.05, 3.63) is 48.0 Å². The highest BCUT2D eigenvalue weighted by Gasteiger charge is 2.32. The van der Waals surface area contributed by atoms with E-state index in [4.69, 9.17) is 9.47 Å². The van der Waals surface area contributed by atoms with Gasteiger partial charge < -0.3 is 24.4 Å². The van der Waals surface area contributed by atoms with Crippen molar-refractivity contribution < 1.29 is 32.7 Å². The van der Waals surface area contributed by atoms with Crippen molar-refractivity contribution in [2.24, 2.45) is 0 Å². The highest BCUT2D eigenvalue weighted by molar-refractivity contribution is 5.91. The van der Waals surface area contributed by atoms with Crippen LogP contribution in [-0.4, -0.2) is 38.8 Å². The Labute approximate surface area is 167 Å². The number of fused-ring (bicyclic) bond motifs is 1. The smallest absolute Gasteiger partial charge is 0.387 e. The number of likely N-dealkylation sites (tertiary alicyclic amines) is 1. The number of hydrogen-bond acceptors (Lipinski definition) is 4. The lowest BCUT2D eigenvalue weighted by molar-refractivity contribution is -0.910. The van der Waals surface area contributed by atoms with Crippen molar-refractivity contribution in [2.45, 2.75) is 25.5 Å². The van der Waals surface area contributed by atoms with Gasteiger partial charge in [0.05, 0.1) is 6.54 Å². The van der Waals surface area contributed by atoms with E-state index < -0.39 is 6.61 Å². The van der Waals surface area contributed by atoms with Crippen molar-refractivity contribution in [1.29, 1.82) is 0 Å². The molecule has 6 nitrogen and oxygen atoms in total. The largest absolute Gasteiger partial charge is 0.486 e. The summed E-state index contributed by atoms with van der Waals surface area (Å²) in [5.74, 6) is 1.46. The Balaban J connectivity index is 1.37. The second kappa shape index (κ2) is 8.65. The minimum atomic E-state index is -2.87. The fraction of sp³-hybridized carbons (Fsp3) is 0.381. The molecule has 2 heterocycles. The van der Waals surface area contributed by atoms with Gasteiger partial charge in [0.15, 0.2) is 18.0 Å². The Morgan fingerprint density at radius 3 is 2.66 bits per heavy atom. The zero-order chi connectivity index (χ0) is 20.2. The fourth-order valence-corrected chi connectivity index (χ4v) is 3.93. The first-order valence-electron chi connectivity index (χ1n) is 9.67. The molecule has 0 aromatic heterocycles. The Bertz CT molecular complexity index is 860. The summed E-state index contributed by atoms with van der Waals surface area (Å²) in [4.78, 5) is 13.7. The van der Waals surface area contributed by atoms with Crippen LogP contribution < -0.4 is 24.4 Å². The number of hydrogen-bond donors (Lipinski definition) is 2. The third-order valence-corrected chi connectivity index (χ3v) is 5.20. The number of ether oxygens (including phenoxy) is 3. The molecule has 2 aliphatic rings. The maximum Gasteiger partial charge on any atom is 0.387 e. The van der Waals surface area contributed by atoms with Crippen LogP contribution in [0.3, 0.4) is 0 Å². The van der Waals surface area contributed by atoms with Crippen molar-refractivity contribution in [2.75, 3.05) is 31.6 Å². The van der Waals surface area contributed by atoms with Crippen molar-refractivity contribution in [1.82, 2.24) is 0 Å². The van der Waals surface area contributed by atoms with E-state index in [0.717, 1.165) is 36.4 Å². The van der Waals surface area contributed by atoms with Crippen LogP contribution >= 0.6 is 0 Å². The summed E-state index contributed by atoms with van der Waals surface area (Å²) in [6.07, 6.45) is 2.04. The number of carbonyl (C=O) groups excluding carboxylic acids is 1. The molecular formula is C21H23F2N2O4+. The highest BCUT2D eigenvalue weighted by Crippen LogP contribution is 2.33. The molecule has 0 spiro atoms. The average Bonchev–Trinajstić information content (AvgIpc) is 3.16. The molecule has 1 amide bonds. The van der Waals surface area contributed by atoms with Gasteiger partial charge in [-0.15, -0.1) is 0 Å². The van der Waals surface area contributed by atoms with Crippen LogP contribution in [0.25, 0.3) is 0 Å². The van der Waals surface area contributed by atoms with E-state index >= 15 is 0 Å². The molecule has 154 valence electrons. The number of alkyl halides is 2. The summed E-state index contributed by atoms with van der Waals surface area (Å²) in [6.45, 7) is -0.530. The van der Waals surface area contributed by atoms with Gasteiger partial charge in [0.25, 0.3) is 5.91 Å². The Morgan fingerprint density at radius 1 is 1.14 bits per heavy atom. The maximum atomic E-state index is 12.5. The fourth-order valence-electron chi connectivity index (χ4n) is 3.93. The number of amides is 1. The molecule has 2 atom stereocenters. The number of anilines is 1. The van der Waals surface area contributed by atoms with Crippen molar-refractivity contribution >= 4 is 11.6 Å². The molecule has 0 saturated carbocycles. The van der Waals surface area contributed by atoms with E-state index in [9.17, 15) is 13.6 Å². The summed E-state index contributed by atoms with van der Waals surface area (Å²) in [5, 5.41) is 2.82. The monoisotopic (exact) mass is 405 g/mol. The number of carbonyl (C=O) groups is 1. The minimum absolute atomic E-state index is 0.0573. The SMILES string of the molecule is O=C(C[NH+]1CCC[C@@H]1c1ccc2c(c1)OCCO2)Nc1ccc(OC(F)F)cc1. The topological polar surface area (TPSA) is 61.2 Å². The molecule has 0 aliphatic carbocycles. The highest BCUT2D eigenvalue weighted by atomic mass is 19.3. The standard InChI is InChI=1S/C21H22F2N2O4/c22-21(23)29-16-6-4-15(5-7-16)24-20(26)13-25-9-1-2-17(25)14-3-8-18-19(12-14)28-11-10-27-18/h3-8,12,17,21H,1-2,9-11,13H2,(H,24,26)/p+1/t17-/m1/s1. The predicted octanol–water partition coefficient (Wildman–Crippen LogP) is 2.42. The van der Waals surface area contributed by atoms with Gasteiger partial charge in [-0.25, -0.2) is 0 Å². The van der Waals surface area contributed by atoms with Gasteiger partial charge in [0, 0.05) is 24.1 Å². The van der Waals surface area contributed by atoms with Gasteiger partial charge in [0.1, 0.15) is 25.0 Å². The van der Waals surface area contributed by atoms with Crippen LogP contribution in [0.15, 0.2) is 42.5 Å². The Hall–Kier alpha value is -2.87. The molecule has 0 bridgehead atoms. The van der Waals surface area contributed by atoms with Gasteiger partial charge in [0.2, 0.25) is 0 Å². The van der Waals surface area contributed by atoms with Gasteiger partial charge in [-0.1, -0.05) is 0 Å². The minimum Gasteiger partial charge on any atom is -0.486 e. The molecule has 29 heavy (non-hydrogen) atoms. The normalized spacial score (nSPS) is 20.5. The van der Waals surface area contributed by atoms with E-state index in [1.807, 2.05) is 18.2 Å². The lowest BCUT2D eigenvalue weighted by Crippen LogP contribution is -3.11. The first-order chi connectivity index (χ1) is 14.1. The third kappa shape index (κ3) is 4.76. The average molecular weight is 405 g/mol. The lowest BCUT2D eigenvalue weighted by atomic mass is 10.0. The van der Waals surface area contributed by atoms with Gasteiger partial charge >= 0.3 is 6.61 Å². The summed E-state index contributed by atoms with van der Waals surface area (Å²) in [7, 11) is 0. The molecule has 8 heteroatoms. The number of quaternary nitrogens is 1. The maximum absolute atomic E-state index is 12.5. The molecule has 1 fully saturated rings. The lowest BCUT2D eigenvalue weighted by Gasteiger charge is -2.24. The predicted molar refractivity (Wildman–Crippen MR) is 102 cm³/mol. The zero-order valence-electron chi connectivity index (χ0n) is 15.8. The molecular weight excluding hydrogens is 382 g/mol. The van der Waals surface area contributed by atoms with Crippen LogP contribution in [0.5, 0.6) is 17.2 Å². The second-order valence-corrected chi connectivity index (χ2v) is 7.13. The van der Waals surface area contributed by atoms with E-state index in [-0.39, 0.29) is 17.7 Å². The van der Waals surface area contributed by atoms with E-state index in [1.165, 1.54) is 17.0 Å². The Kier molecular flexibility index (Phi) is 5.80. The van der Waals surface area contributed by atoms with E-state index in [2.05, 4.69) is 10.1 Å². The molecule has 4 rings (SSSR count). The molecule has 2 aromatic rings. The van der Waals surface area contributed by atoms with Crippen LogP contribution in [-0.2, 0) is 4.79 Å². The molecule has 2 aromatic carbocycles. The number of nitrogens with one attached hydrogen (secondary N) is 2. The Morgan fingerprint density at radius 2 is 1.90 bits per heavy atom. The first-order valence-corrected chi connectivity index (χ1v) is 9.67. The molecule has 2 N–H and O–H groups in total. The molecule has 1 unspecified atom stereocenters. The number of halogens is 2. The zero-order valence-corrected chi connectivity index (χ0v) is 15.8. The summed E-state index contributed by atoms with van der Waals surface area (Å²) < 4.78 is 40.0. The first kappa shape index (κ1) is 19.4.